The van der Waals surface area contributed by atoms with E-state index in [1.165, 1.54) is 12.8 Å². The largest absolute Gasteiger partial charge is 1.00 e. The van der Waals surface area contributed by atoms with Gasteiger partial charge in [0, 0.05) is 6.42 Å². The summed E-state index contributed by atoms with van der Waals surface area (Å²) < 4.78 is 5.14. The summed E-state index contributed by atoms with van der Waals surface area (Å²) in [5.74, 6) is 0.833. The lowest BCUT2D eigenvalue weighted by atomic mass is 10.2. The van der Waals surface area contributed by atoms with Crippen LogP contribution in [0, 0.1) is 0 Å². The van der Waals surface area contributed by atoms with E-state index in [9.17, 15) is 4.79 Å². The number of halogens is 1. The Kier molecular flexibility index (Phi) is 15.1. The Morgan fingerprint density at radius 2 is 2.06 bits per heavy atom. The average Bonchev–Trinajstić information content (AvgIpc) is 2.25. The van der Waals surface area contributed by atoms with Crippen LogP contribution in [-0.2, 0) is 9.53 Å². The number of hydrogen-bond donors (Lipinski definition) is 1. The van der Waals surface area contributed by atoms with Crippen LogP contribution in [0.1, 0.15) is 39.0 Å². The molecule has 5 heteroatoms. The Balaban J connectivity index is 0. The predicted octanol–water partition coefficient (Wildman–Crippen LogP) is -1.52. The molecule has 1 atom stereocenters. The third kappa shape index (κ3) is 10.6. The molecule has 0 aliphatic carbocycles. The first-order valence-electron chi connectivity index (χ1n) is 5.71. The molecule has 0 radical (unpaired) electrons. The fourth-order valence-corrected chi connectivity index (χ4v) is 1.72. The van der Waals surface area contributed by atoms with Gasteiger partial charge in [-0.25, -0.2) is 4.79 Å². The van der Waals surface area contributed by atoms with Gasteiger partial charge in [0.1, 0.15) is 0 Å². The summed E-state index contributed by atoms with van der Waals surface area (Å²) in [5.41, 5.74) is 3.80. The number of quaternary nitrogens is 1. The first-order valence-corrected chi connectivity index (χ1v) is 7.10. The van der Waals surface area contributed by atoms with Crippen LogP contribution in [0.4, 0.5) is 0 Å². The highest BCUT2D eigenvalue weighted by Gasteiger charge is 2.17. The van der Waals surface area contributed by atoms with Crippen LogP contribution < -0.4 is 18.1 Å². The van der Waals surface area contributed by atoms with Crippen molar-refractivity contribution in [2.75, 3.05) is 18.6 Å². The van der Waals surface area contributed by atoms with Crippen molar-refractivity contribution in [1.82, 2.24) is 0 Å². The Morgan fingerprint density at radius 3 is 2.62 bits per heavy atom. The van der Waals surface area contributed by atoms with Gasteiger partial charge in [-0.2, -0.15) is 11.8 Å². The summed E-state index contributed by atoms with van der Waals surface area (Å²) in [6.45, 7) is 2.73. The number of esters is 1. The zero-order valence-corrected chi connectivity index (χ0v) is 11.9. The van der Waals surface area contributed by atoms with Crippen LogP contribution in [-0.4, -0.2) is 30.6 Å². The normalized spacial score (nSPS) is 11.7. The number of unbranched alkanes of at least 4 members (excludes halogenated alkanes) is 3. The topological polar surface area (TPSA) is 53.9 Å². The first kappa shape index (κ1) is 18.4. The van der Waals surface area contributed by atoms with Crippen LogP contribution in [0.3, 0.4) is 0 Å². The van der Waals surface area contributed by atoms with Crippen molar-refractivity contribution in [3.8, 4) is 0 Å². The molecule has 0 unspecified atom stereocenters. The summed E-state index contributed by atoms with van der Waals surface area (Å²) in [6, 6.07) is -0.191. The molecule has 3 nitrogen and oxygen atoms in total. The highest BCUT2D eigenvalue weighted by Crippen LogP contribution is 2.02. The standard InChI is InChI=1S/C11H23NO2S.ClH/c1-3-4-5-6-8-14-11(13)10(12)7-9-15-2;/h10H,3-9,12H2,1-2H3;1H/t10-;/m0./s1. The second-order valence-electron chi connectivity index (χ2n) is 3.71. The smallest absolute Gasteiger partial charge is 0.364 e. The van der Waals surface area contributed by atoms with E-state index in [2.05, 4.69) is 12.7 Å². The molecule has 0 aromatic rings. The van der Waals surface area contributed by atoms with E-state index in [0.29, 0.717) is 6.61 Å². The number of carbonyl (C=O) groups excluding carboxylic acids is 1. The minimum absolute atomic E-state index is 0. The fraction of sp³-hybridized carbons (Fsp3) is 0.909. The molecule has 0 rings (SSSR count). The van der Waals surface area contributed by atoms with Crippen molar-refractivity contribution >= 4 is 17.7 Å². The summed E-state index contributed by atoms with van der Waals surface area (Å²) in [7, 11) is 0. The van der Waals surface area contributed by atoms with Gasteiger partial charge in [-0.1, -0.05) is 26.2 Å². The van der Waals surface area contributed by atoms with Gasteiger partial charge in [0.05, 0.1) is 6.61 Å². The summed E-state index contributed by atoms with van der Waals surface area (Å²) >= 11 is 1.73. The molecule has 0 aromatic carbocycles. The third-order valence-corrected chi connectivity index (χ3v) is 2.89. The lowest BCUT2D eigenvalue weighted by molar-refractivity contribution is -0.408. The summed E-state index contributed by atoms with van der Waals surface area (Å²) in [5, 5.41) is 0. The molecule has 0 amide bonds. The van der Waals surface area contributed by atoms with E-state index >= 15 is 0 Å². The number of rotatable bonds is 9. The van der Waals surface area contributed by atoms with Crippen LogP contribution in [0.25, 0.3) is 0 Å². The highest BCUT2D eigenvalue weighted by atomic mass is 35.5. The van der Waals surface area contributed by atoms with E-state index in [1.54, 1.807) is 11.8 Å². The van der Waals surface area contributed by atoms with E-state index < -0.39 is 0 Å². The first-order chi connectivity index (χ1) is 7.22. The molecule has 0 saturated heterocycles. The van der Waals surface area contributed by atoms with E-state index in [1.807, 2.05) is 6.26 Å². The molecule has 0 saturated carbocycles. The zero-order valence-electron chi connectivity index (χ0n) is 10.3. The van der Waals surface area contributed by atoms with Crippen molar-refractivity contribution in [2.24, 2.45) is 0 Å². The average molecular weight is 270 g/mol. The van der Waals surface area contributed by atoms with Gasteiger partial charge in [0.25, 0.3) is 0 Å². The summed E-state index contributed by atoms with van der Waals surface area (Å²) in [6.07, 6.45) is 7.40. The van der Waals surface area contributed by atoms with Gasteiger partial charge in [0.15, 0.2) is 6.04 Å². The Labute approximate surface area is 109 Å². The predicted molar refractivity (Wildman–Crippen MR) is 64.8 cm³/mol. The molecule has 0 aliphatic rings. The van der Waals surface area contributed by atoms with Crippen molar-refractivity contribution in [3.63, 3.8) is 0 Å². The molecular weight excluding hydrogens is 246 g/mol. The molecule has 0 heterocycles. The zero-order chi connectivity index (χ0) is 11.5. The molecule has 0 spiro atoms. The minimum Gasteiger partial charge on any atom is -1.00 e. The second kappa shape index (κ2) is 13.1. The molecule has 0 bridgehead atoms. The maximum atomic E-state index is 11.4. The molecule has 98 valence electrons. The molecule has 3 N–H and O–H groups in total. The monoisotopic (exact) mass is 269 g/mol. The van der Waals surface area contributed by atoms with Gasteiger partial charge < -0.3 is 22.9 Å². The fourth-order valence-electron chi connectivity index (χ4n) is 1.20. The van der Waals surface area contributed by atoms with Crippen LogP contribution >= 0.6 is 11.8 Å². The lowest BCUT2D eigenvalue weighted by Crippen LogP contribution is -3.00. The number of carbonyl (C=O) groups is 1. The van der Waals surface area contributed by atoms with Gasteiger partial charge in [-0.3, -0.25) is 0 Å². The highest BCUT2D eigenvalue weighted by molar-refractivity contribution is 7.98. The lowest BCUT2D eigenvalue weighted by Gasteiger charge is -2.08. The Hall–Kier alpha value is 0.0700. The molecule has 0 aliphatic heterocycles. The van der Waals surface area contributed by atoms with Crippen LogP contribution in [0.5, 0.6) is 0 Å². The second-order valence-corrected chi connectivity index (χ2v) is 4.69. The van der Waals surface area contributed by atoms with E-state index in [4.69, 9.17) is 4.74 Å². The quantitative estimate of drug-likeness (QED) is 0.409. The van der Waals surface area contributed by atoms with Crippen molar-refractivity contribution < 1.29 is 27.7 Å². The molecule has 16 heavy (non-hydrogen) atoms. The summed E-state index contributed by atoms with van der Waals surface area (Å²) in [4.78, 5) is 11.4. The Morgan fingerprint density at radius 1 is 1.38 bits per heavy atom. The van der Waals surface area contributed by atoms with E-state index in [0.717, 1.165) is 25.0 Å². The van der Waals surface area contributed by atoms with Crippen LogP contribution in [0.2, 0.25) is 0 Å². The third-order valence-electron chi connectivity index (χ3n) is 2.25. The Bertz CT molecular complexity index is 170. The molecule has 0 fully saturated rings. The van der Waals surface area contributed by atoms with Crippen LogP contribution in [0.15, 0.2) is 0 Å². The van der Waals surface area contributed by atoms with Gasteiger partial charge >= 0.3 is 5.97 Å². The molecule has 0 aromatic heterocycles. The number of hydrogen-bond acceptors (Lipinski definition) is 3. The van der Waals surface area contributed by atoms with Gasteiger partial charge in [0.2, 0.25) is 0 Å². The van der Waals surface area contributed by atoms with Crippen molar-refractivity contribution in [1.29, 1.82) is 0 Å². The number of ether oxygens (including phenoxy) is 1. The maximum Gasteiger partial charge on any atom is 0.364 e. The molecular formula is C11H24ClNO2S. The number of thioether (sulfide) groups is 1. The van der Waals surface area contributed by atoms with E-state index in [-0.39, 0.29) is 24.4 Å². The SMILES string of the molecule is CCCCCCOC(=O)[C@@H]([NH3+])CCSC.[Cl-]. The van der Waals surface area contributed by atoms with Gasteiger partial charge in [-0.05, 0) is 18.4 Å². The van der Waals surface area contributed by atoms with Crippen molar-refractivity contribution in [3.05, 3.63) is 0 Å². The van der Waals surface area contributed by atoms with Crippen molar-refractivity contribution in [2.45, 2.75) is 45.1 Å². The van der Waals surface area contributed by atoms with Gasteiger partial charge in [-0.15, -0.1) is 0 Å². The maximum absolute atomic E-state index is 11.4. The minimum atomic E-state index is -0.191.